The van der Waals surface area contributed by atoms with Crippen LogP contribution in [0.3, 0.4) is 0 Å². The minimum absolute atomic E-state index is 0.00909. The fraction of sp³-hybridized carbons (Fsp3) is 0.333. The molecule has 1 rings (SSSR count). The van der Waals surface area contributed by atoms with E-state index in [1.54, 1.807) is 12.2 Å². The maximum absolute atomic E-state index is 13.4. The standard InChI is InChI=1S/C12H14Cl2FN3O2/c1-6(17-5-11(19)18-12(20)16-2)7-3-10(15)9(14)4-8(7)13/h3-4,6,17H,5H2,1-2H3,(H2,16,18,19,20)/p+1/t6-/m0/s1. The highest BCUT2D eigenvalue weighted by molar-refractivity contribution is 6.35. The highest BCUT2D eigenvalue weighted by Gasteiger charge is 2.17. The number of rotatable bonds is 4. The molecule has 0 aliphatic carbocycles. The Balaban J connectivity index is 2.63. The Bertz CT molecular complexity index is 526. The van der Waals surface area contributed by atoms with Gasteiger partial charge in [-0.05, 0) is 19.1 Å². The van der Waals surface area contributed by atoms with Crippen molar-refractivity contribution in [3.05, 3.63) is 33.6 Å². The number of carbonyl (C=O) groups excluding carboxylic acids is 2. The first-order valence-electron chi connectivity index (χ1n) is 5.84. The summed E-state index contributed by atoms with van der Waals surface area (Å²) in [6.07, 6.45) is 0. The van der Waals surface area contributed by atoms with Gasteiger partial charge >= 0.3 is 6.03 Å². The number of amides is 3. The Morgan fingerprint density at radius 3 is 2.60 bits per heavy atom. The molecule has 0 unspecified atom stereocenters. The van der Waals surface area contributed by atoms with Gasteiger partial charge in [0.2, 0.25) is 0 Å². The Hall–Kier alpha value is -1.37. The first-order chi connectivity index (χ1) is 9.35. The molecular formula is C12H15Cl2FN3O2+. The zero-order chi connectivity index (χ0) is 15.3. The Kier molecular flexibility index (Phi) is 6.19. The minimum Gasteiger partial charge on any atom is -0.341 e. The number of quaternary nitrogens is 1. The van der Waals surface area contributed by atoms with Gasteiger partial charge in [0, 0.05) is 12.6 Å². The zero-order valence-electron chi connectivity index (χ0n) is 11.0. The Morgan fingerprint density at radius 2 is 2.00 bits per heavy atom. The van der Waals surface area contributed by atoms with E-state index in [0.717, 1.165) is 0 Å². The molecule has 0 saturated heterocycles. The topological polar surface area (TPSA) is 74.8 Å². The largest absolute Gasteiger partial charge is 0.341 e. The van der Waals surface area contributed by atoms with Gasteiger partial charge in [-0.15, -0.1) is 0 Å². The third-order valence-electron chi connectivity index (χ3n) is 2.67. The van der Waals surface area contributed by atoms with E-state index in [-0.39, 0.29) is 17.6 Å². The molecule has 1 aromatic rings. The summed E-state index contributed by atoms with van der Waals surface area (Å²) in [5.74, 6) is -1.03. The van der Waals surface area contributed by atoms with E-state index in [2.05, 4.69) is 10.6 Å². The number of imide groups is 1. The van der Waals surface area contributed by atoms with Gasteiger partial charge in [-0.3, -0.25) is 10.1 Å². The predicted molar refractivity (Wildman–Crippen MR) is 74.2 cm³/mol. The van der Waals surface area contributed by atoms with Crippen LogP contribution in [-0.2, 0) is 4.79 Å². The molecule has 0 saturated carbocycles. The van der Waals surface area contributed by atoms with Crippen molar-refractivity contribution < 1.29 is 19.3 Å². The average molecular weight is 323 g/mol. The quantitative estimate of drug-likeness (QED) is 0.729. The Labute approximate surface area is 125 Å². The number of hydrogen-bond acceptors (Lipinski definition) is 2. The van der Waals surface area contributed by atoms with Crippen LogP contribution in [-0.4, -0.2) is 25.5 Å². The van der Waals surface area contributed by atoms with Gasteiger partial charge in [0.25, 0.3) is 5.91 Å². The van der Waals surface area contributed by atoms with Crippen molar-refractivity contribution in [1.82, 2.24) is 10.6 Å². The second-order valence-electron chi connectivity index (χ2n) is 4.14. The minimum atomic E-state index is -0.577. The van der Waals surface area contributed by atoms with Crippen LogP contribution in [0.5, 0.6) is 0 Å². The van der Waals surface area contributed by atoms with Crippen LogP contribution in [0.4, 0.5) is 9.18 Å². The molecule has 8 heteroatoms. The summed E-state index contributed by atoms with van der Waals surface area (Å²) in [5.41, 5.74) is 0.529. The average Bonchev–Trinajstić information content (AvgIpc) is 2.40. The molecule has 0 aliphatic heterocycles. The normalized spacial score (nSPS) is 11.8. The molecule has 20 heavy (non-hydrogen) atoms. The molecule has 110 valence electrons. The van der Waals surface area contributed by atoms with Gasteiger partial charge in [0.15, 0.2) is 6.54 Å². The van der Waals surface area contributed by atoms with Crippen LogP contribution in [0, 0.1) is 5.82 Å². The molecule has 3 amide bonds. The van der Waals surface area contributed by atoms with Crippen LogP contribution in [0.1, 0.15) is 18.5 Å². The summed E-state index contributed by atoms with van der Waals surface area (Å²) < 4.78 is 13.4. The van der Waals surface area contributed by atoms with Crippen molar-refractivity contribution in [1.29, 1.82) is 0 Å². The lowest BCUT2D eigenvalue weighted by Crippen LogP contribution is -2.87. The smallest absolute Gasteiger partial charge is 0.321 e. The second kappa shape index (κ2) is 7.42. The number of carbonyl (C=O) groups is 2. The highest BCUT2D eigenvalue weighted by atomic mass is 35.5. The molecule has 0 heterocycles. The molecular weight excluding hydrogens is 308 g/mol. The summed E-state index contributed by atoms with van der Waals surface area (Å²) in [5, 5.41) is 6.30. The third kappa shape index (κ3) is 4.63. The summed E-state index contributed by atoms with van der Waals surface area (Å²) >= 11 is 11.6. The van der Waals surface area contributed by atoms with Crippen molar-refractivity contribution in [2.75, 3.05) is 13.6 Å². The van der Waals surface area contributed by atoms with Gasteiger partial charge in [0.1, 0.15) is 11.9 Å². The molecule has 0 radical (unpaired) electrons. The molecule has 0 bridgehead atoms. The number of benzene rings is 1. The first kappa shape index (κ1) is 16.7. The van der Waals surface area contributed by atoms with Crippen molar-refractivity contribution in [3.8, 4) is 0 Å². The SMILES string of the molecule is CNC(=O)NC(=O)C[NH2+][C@@H](C)c1cc(F)c(Cl)cc1Cl. The molecule has 1 aromatic carbocycles. The number of nitrogens with two attached hydrogens (primary N) is 1. The van der Waals surface area contributed by atoms with Crippen LogP contribution in [0.25, 0.3) is 0 Å². The predicted octanol–water partition coefficient (Wildman–Crippen LogP) is 1.21. The van der Waals surface area contributed by atoms with Gasteiger partial charge in [-0.1, -0.05) is 23.2 Å². The second-order valence-corrected chi connectivity index (χ2v) is 4.96. The number of halogens is 3. The molecule has 0 aromatic heterocycles. The van der Waals surface area contributed by atoms with Gasteiger partial charge in [-0.2, -0.15) is 0 Å². The number of urea groups is 1. The van der Waals surface area contributed by atoms with Crippen LogP contribution in [0.15, 0.2) is 12.1 Å². The molecule has 0 aliphatic rings. The van der Waals surface area contributed by atoms with Crippen LogP contribution in [0.2, 0.25) is 10.0 Å². The molecule has 5 nitrogen and oxygen atoms in total. The van der Waals surface area contributed by atoms with Crippen LogP contribution < -0.4 is 16.0 Å². The van der Waals surface area contributed by atoms with Gasteiger partial charge in [-0.25, -0.2) is 9.18 Å². The zero-order valence-corrected chi connectivity index (χ0v) is 12.5. The lowest BCUT2D eigenvalue weighted by atomic mass is 10.1. The van der Waals surface area contributed by atoms with E-state index in [4.69, 9.17) is 23.2 Å². The highest BCUT2D eigenvalue weighted by Crippen LogP contribution is 2.27. The monoisotopic (exact) mass is 322 g/mol. The van der Waals surface area contributed by atoms with E-state index in [9.17, 15) is 14.0 Å². The fourth-order valence-corrected chi connectivity index (χ4v) is 2.09. The number of nitrogens with one attached hydrogen (secondary N) is 2. The summed E-state index contributed by atoms with van der Waals surface area (Å²) in [4.78, 5) is 22.4. The summed E-state index contributed by atoms with van der Waals surface area (Å²) in [6, 6.07) is 1.72. The van der Waals surface area contributed by atoms with Crippen molar-refractivity contribution in [2.24, 2.45) is 0 Å². The molecule has 4 N–H and O–H groups in total. The van der Waals surface area contributed by atoms with Gasteiger partial charge < -0.3 is 10.6 Å². The lowest BCUT2D eigenvalue weighted by molar-refractivity contribution is -0.682. The Morgan fingerprint density at radius 1 is 1.35 bits per heavy atom. The molecule has 1 atom stereocenters. The maximum atomic E-state index is 13.4. The summed E-state index contributed by atoms with van der Waals surface area (Å²) in [7, 11) is 1.41. The fourth-order valence-electron chi connectivity index (χ4n) is 1.54. The van der Waals surface area contributed by atoms with E-state index in [1.165, 1.54) is 19.2 Å². The van der Waals surface area contributed by atoms with Crippen molar-refractivity contribution in [2.45, 2.75) is 13.0 Å². The lowest BCUT2D eigenvalue weighted by Gasteiger charge is -2.13. The van der Waals surface area contributed by atoms with Crippen molar-refractivity contribution in [3.63, 3.8) is 0 Å². The summed E-state index contributed by atoms with van der Waals surface area (Å²) in [6.45, 7) is 1.77. The number of hydrogen-bond donors (Lipinski definition) is 3. The van der Waals surface area contributed by atoms with E-state index in [1.807, 2.05) is 0 Å². The molecule has 0 fully saturated rings. The first-order valence-corrected chi connectivity index (χ1v) is 6.60. The third-order valence-corrected chi connectivity index (χ3v) is 3.28. The van der Waals surface area contributed by atoms with Gasteiger partial charge in [0.05, 0.1) is 10.0 Å². The van der Waals surface area contributed by atoms with Crippen molar-refractivity contribution >= 4 is 35.1 Å². The van der Waals surface area contributed by atoms with E-state index in [0.29, 0.717) is 10.6 Å². The van der Waals surface area contributed by atoms with E-state index >= 15 is 0 Å². The van der Waals surface area contributed by atoms with Crippen LogP contribution >= 0.6 is 23.2 Å². The van der Waals surface area contributed by atoms with E-state index < -0.39 is 17.8 Å². The molecule has 0 spiro atoms. The maximum Gasteiger partial charge on any atom is 0.321 e.